The average molecular weight is 156 g/mol. The molecule has 0 saturated carbocycles. The summed E-state index contributed by atoms with van der Waals surface area (Å²) < 4.78 is 0. The van der Waals surface area contributed by atoms with Gasteiger partial charge in [-0.25, -0.2) is 0 Å². The molecule has 3 nitrogen and oxygen atoms in total. The zero-order valence-electron chi connectivity index (χ0n) is 5.33. The van der Waals surface area contributed by atoms with Gasteiger partial charge >= 0.3 is 0 Å². The van der Waals surface area contributed by atoms with Gasteiger partial charge in [-0.05, 0) is 11.4 Å². The Labute approximate surface area is 62.6 Å². The molecule has 1 aromatic heterocycles. The van der Waals surface area contributed by atoms with Crippen LogP contribution in [0.1, 0.15) is 9.67 Å². The molecular weight excluding hydrogens is 148 g/mol. The molecule has 0 aliphatic rings. The lowest BCUT2D eigenvalue weighted by Gasteiger charge is -1.92. The largest absolute Gasteiger partial charge is 0.397 e. The van der Waals surface area contributed by atoms with Crippen molar-refractivity contribution in [2.24, 2.45) is 5.73 Å². The number of hydrogen-bond acceptors (Lipinski definition) is 4. The van der Waals surface area contributed by atoms with Crippen LogP contribution >= 0.6 is 11.3 Å². The normalized spacial score (nSPS) is 9.70. The molecule has 0 radical (unpaired) electrons. The monoisotopic (exact) mass is 156 g/mol. The summed E-state index contributed by atoms with van der Waals surface area (Å²) in [6.07, 6.45) is 0. The lowest BCUT2D eigenvalue weighted by molar-refractivity contribution is 0.101. The van der Waals surface area contributed by atoms with Crippen LogP contribution < -0.4 is 11.5 Å². The van der Waals surface area contributed by atoms with Crippen LogP contribution in [-0.4, -0.2) is 12.3 Å². The fourth-order valence-electron chi connectivity index (χ4n) is 0.639. The molecule has 4 N–H and O–H groups in total. The van der Waals surface area contributed by atoms with Gasteiger partial charge in [-0.2, -0.15) is 0 Å². The summed E-state index contributed by atoms with van der Waals surface area (Å²) in [5.41, 5.74) is 11.1. The van der Waals surface area contributed by atoms with Crippen molar-refractivity contribution in [3.05, 3.63) is 16.3 Å². The SMILES string of the molecule is NCC(=O)c1sccc1N. The van der Waals surface area contributed by atoms with Crippen molar-refractivity contribution in [1.29, 1.82) is 0 Å². The first kappa shape index (κ1) is 7.24. The predicted molar refractivity (Wildman–Crippen MR) is 42.1 cm³/mol. The van der Waals surface area contributed by atoms with E-state index >= 15 is 0 Å². The van der Waals surface area contributed by atoms with E-state index in [9.17, 15) is 4.79 Å². The summed E-state index contributed by atoms with van der Waals surface area (Å²) in [6, 6.07) is 1.70. The number of carbonyl (C=O) groups is 1. The Morgan fingerprint density at radius 3 is 2.80 bits per heavy atom. The third-order valence-electron chi connectivity index (χ3n) is 1.13. The van der Waals surface area contributed by atoms with Crippen molar-refractivity contribution < 1.29 is 4.79 Å². The number of Topliss-reactive ketones (excluding diaryl/α,β-unsaturated/α-hetero) is 1. The van der Waals surface area contributed by atoms with Crippen molar-refractivity contribution >= 4 is 22.8 Å². The van der Waals surface area contributed by atoms with Gasteiger partial charge in [-0.15, -0.1) is 11.3 Å². The molecule has 0 aliphatic heterocycles. The number of anilines is 1. The quantitative estimate of drug-likeness (QED) is 0.611. The highest BCUT2D eigenvalue weighted by molar-refractivity contribution is 7.12. The average Bonchev–Trinajstić information content (AvgIpc) is 2.34. The summed E-state index contributed by atoms with van der Waals surface area (Å²) >= 11 is 1.33. The molecule has 0 unspecified atom stereocenters. The molecule has 1 aromatic rings. The van der Waals surface area contributed by atoms with E-state index in [2.05, 4.69) is 0 Å². The topological polar surface area (TPSA) is 69.1 Å². The zero-order valence-corrected chi connectivity index (χ0v) is 6.15. The molecule has 0 spiro atoms. The summed E-state index contributed by atoms with van der Waals surface area (Å²) in [7, 11) is 0. The third-order valence-corrected chi connectivity index (χ3v) is 2.11. The Hall–Kier alpha value is -0.870. The number of nitrogen functional groups attached to an aromatic ring is 1. The Balaban J connectivity index is 2.93. The lowest BCUT2D eigenvalue weighted by atomic mass is 10.3. The maximum atomic E-state index is 10.9. The molecule has 0 aliphatic carbocycles. The first-order valence-electron chi connectivity index (χ1n) is 2.82. The van der Waals surface area contributed by atoms with E-state index in [1.54, 1.807) is 11.4 Å². The standard InChI is InChI=1S/C6H8N2OS/c7-3-5(9)6-4(8)1-2-10-6/h1-2H,3,7-8H2. The summed E-state index contributed by atoms with van der Waals surface area (Å²) in [6.45, 7) is 0.0325. The Morgan fingerprint density at radius 2 is 2.40 bits per heavy atom. The molecule has 4 heteroatoms. The van der Waals surface area contributed by atoms with Crippen LogP contribution in [0.2, 0.25) is 0 Å². The van der Waals surface area contributed by atoms with Crippen LogP contribution in [0.25, 0.3) is 0 Å². The molecule has 54 valence electrons. The van der Waals surface area contributed by atoms with Crippen LogP contribution in [0.3, 0.4) is 0 Å². The van der Waals surface area contributed by atoms with Gasteiger partial charge in [-0.1, -0.05) is 0 Å². The fourth-order valence-corrected chi connectivity index (χ4v) is 1.41. The maximum absolute atomic E-state index is 10.9. The highest BCUT2D eigenvalue weighted by atomic mass is 32.1. The number of hydrogen-bond donors (Lipinski definition) is 2. The first-order chi connectivity index (χ1) is 4.75. The number of rotatable bonds is 2. The van der Waals surface area contributed by atoms with Crippen molar-refractivity contribution in [3.8, 4) is 0 Å². The van der Waals surface area contributed by atoms with Crippen LogP contribution in [0.15, 0.2) is 11.4 Å². The number of carbonyl (C=O) groups excluding carboxylic acids is 1. The van der Waals surface area contributed by atoms with E-state index in [1.807, 2.05) is 0 Å². The minimum absolute atomic E-state index is 0.0325. The Morgan fingerprint density at radius 1 is 1.70 bits per heavy atom. The van der Waals surface area contributed by atoms with Gasteiger partial charge in [0.05, 0.1) is 17.1 Å². The molecule has 0 saturated heterocycles. The van der Waals surface area contributed by atoms with Gasteiger partial charge in [0, 0.05) is 0 Å². The van der Waals surface area contributed by atoms with Gasteiger partial charge in [0.25, 0.3) is 0 Å². The molecule has 0 fully saturated rings. The van der Waals surface area contributed by atoms with E-state index in [0.29, 0.717) is 10.6 Å². The number of thiophene rings is 1. The van der Waals surface area contributed by atoms with Crippen LogP contribution in [0.4, 0.5) is 5.69 Å². The van der Waals surface area contributed by atoms with Gasteiger partial charge in [0.1, 0.15) is 0 Å². The molecule has 0 atom stereocenters. The summed E-state index contributed by atoms with van der Waals surface area (Å²) in [5, 5.41) is 1.78. The van der Waals surface area contributed by atoms with Crippen LogP contribution in [0, 0.1) is 0 Å². The molecule has 0 bridgehead atoms. The highest BCUT2D eigenvalue weighted by Gasteiger charge is 2.07. The first-order valence-corrected chi connectivity index (χ1v) is 3.70. The van der Waals surface area contributed by atoms with Crippen LogP contribution in [-0.2, 0) is 0 Å². The number of ketones is 1. The Bertz CT molecular complexity index is 244. The maximum Gasteiger partial charge on any atom is 0.188 e. The van der Waals surface area contributed by atoms with E-state index in [1.165, 1.54) is 11.3 Å². The highest BCUT2D eigenvalue weighted by Crippen LogP contribution is 2.18. The van der Waals surface area contributed by atoms with Crippen molar-refractivity contribution in [1.82, 2.24) is 0 Å². The van der Waals surface area contributed by atoms with E-state index in [0.717, 1.165) is 0 Å². The van der Waals surface area contributed by atoms with Crippen molar-refractivity contribution in [2.45, 2.75) is 0 Å². The van der Waals surface area contributed by atoms with E-state index in [4.69, 9.17) is 11.5 Å². The van der Waals surface area contributed by atoms with Crippen molar-refractivity contribution in [3.63, 3.8) is 0 Å². The third kappa shape index (κ3) is 1.17. The second kappa shape index (κ2) is 2.81. The van der Waals surface area contributed by atoms with Gasteiger partial charge in [0.15, 0.2) is 5.78 Å². The smallest absolute Gasteiger partial charge is 0.188 e. The second-order valence-electron chi connectivity index (χ2n) is 1.83. The Kier molecular flexibility index (Phi) is 2.03. The van der Waals surface area contributed by atoms with E-state index < -0.39 is 0 Å². The summed E-state index contributed by atoms with van der Waals surface area (Å²) in [4.78, 5) is 11.5. The van der Waals surface area contributed by atoms with Crippen molar-refractivity contribution in [2.75, 3.05) is 12.3 Å². The fraction of sp³-hybridized carbons (Fsp3) is 0.167. The minimum Gasteiger partial charge on any atom is -0.397 e. The summed E-state index contributed by atoms with van der Waals surface area (Å²) in [5.74, 6) is -0.0903. The van der Waals surface area contributed by atoms with Gasteiger partial charge < -0.3 is 11.5 Å². The molecule has 0 amide bonds. The van der Waals surface area contributed by atoms with Gasteiger partial charge in [0.2, 0.25) is 0 Å². The molecule has 0 aromatic carbocycles. The van der Waals surface area contributed by atoms with Gasteiger partial charge in [-0.3, -0.25) is 4.79 Å². The molecule has 1 rings (SSSR count). The molecule has 1 heterocycles. The number of nitrogens with two attached hydrogens (primary N) is 2. The second-order valence-corrected chi connectivity index (χ2v) is 2.75. The van der Waals surface area contributed by atoms with Crippen LogP contribution in [0.5, 0.6) is 0 Å². The lowest BCUT2D eigenvalue weighted by Crippen LogP contribution is -2.13. The van der Waals surface area contributed by atoms with E-state index in [-0.39, 0.29) is 12.3 Å². The molecule has 10 heavy (non-hydrogen) atoms. The minimum atomic E-state index is -0.0903. The molecular formula is C6H8N2OS. The zero-order chi connectivity index (χ0) is 7.56. The predicted octanol–water partition coefficient (Wildman–Crippen LogP) is 0.472.